The van der Waals surface area contributed by atoms with Gasteiger partial charge >= 0.3 is 0 Å². The molecule has 2 aromatic carbocycles. The van der Waals surface area contributed by atoms with Gasteiger partial charge in [-0.15, -0.1) is 0 Å². The minimum Gasteiger partial charge on any atom is -0.495 e. The molecule has 5 nitrogen and oxygen atoms in total. The maximum atomic E-state index is 12.0. The second kappa shape index (κ2) is 6.37. The second-order valence-corrected chi connectivity index (χ2v) is 5.52. The van der Waals surface area contributed by atoms with Crippen molar-refractivity contribution in [3.05, 3.63) is 58.6 Å². The molecular weight excluding hydrogens is 330 g/mol. The zero-order chi connectivity index (χ0) is 17.3. The Balaban J connectivity index is 2.07. The van der Waals surface area contributed by atoms with Gasteiger partial charge in [-0.3, -0.25) is 9.59 Å². The highest BCUT2D eigenvalue weighted by Crippen LogP contribution is 2.38. The number of hydrogen-bond donors (Lipinski definition) is 1. The molecule has 0 heterocycles. The van der Waals surface area contributed by atoms with Crippen LogP contribution in [0.5, 0.6) is 11.5 Å². The highest BCUT2D eigenvalue weighted by Gasteiger charge is 2.26. The van der Waals surface area contributed by atoms with Crippen LogP contribution >= 0.6 is 11.6 Å². The fourth-order valence-electron chi connectivity index (χ4n) is 2.53. The lowest BCUT2D eigenvalue weighted by Crippen LogP contribution is -2.21. The first-order valence-electron chi connectivity index (χ1n) is 7.13. The van der Waals surface area contributed by atoms with Crippen LogP contribution in [0, 0.1) is 0 Å². The Morgan fingerprint density at radius 1 is 0.958 bits per heavy atom. The first kappa shape index (κ1) is 16.1. The maximum absolute atomic E-state index is 12.0. The Bertz CT molecular complexity index is 873. The van der Waals surface area contributed by atoms with Crippen molar-refractivity contribution in [1.82, 2.24) is 0 Å². The molecule has 0 fully saturated rings. The van der Waals surface area contributed by atoms with E-state index in [4.69, 9.17) is 21.1 Å². The number of benzene rings is 2. The molecule has 3 rings (SSSR count). The first-order valence-corrected chi connectivity index (χ1v) is 7.51. The second-order valence-electron chi connectivity index (χ2n) is 5.11. The number of anilines is 1. The van der Waals surface area contributed by atoms with E-state index in [0.29, 0.717) is 39.0 Å². The minimum atomic E-state index is -0.573. The SMILES string of the molecule is COc1cc(NC2=CC(=O)C(=O)c3ccccc32)c(OC)cc1Cl. The monoisotopic (exact) mass is 343 g/mol. The van der Waals surface area contributed by atoms with Crippen LogP contribution in [0.3, 0.4) is 0 Å². The summed E-state index contributed by atoms with van der Waals surface area (Å²) in [5, 5.41) is 3.54. The number of methoxy groups -OCH3 is 2. The molecule has 0 atom stereocenters. The van der Waals surface area contributed by atoms with E-state index in [1.54, 1.807) is 36.4 Å². The average molecular weight is 344 g/mol. The fraction of sp³-hybridized carbons (Fsp3) is 0.111. The molecule has 0 spiro atoms. The van der Waals surface area contributed by atoms with Crippen molar-refractivity contribution in [2.24, 2.45) is 0 Å². The summed E-state index contributed by atoms with van der Waals surface area (Å²) in [6, 6.07) is 10.2. The Labute approximate surface area is 143 Å². The van der Waals surface area contributed by atoms with Crippen molar-refractivity contribution < 1.29 is 19.1 Å². The van der Waals surface area contributed by atoms with Crippen LogP contribution in [0.2, 0.25) is 5.02 Å². The van der Waals surface area contributed by atoms with Gasteiger partial charge in [0.05, 0.1) is 30.6 Å². The molecule has 0 saturated carbocycles. The lowest BCUT2D eigenvalue weighted by Gasteiger charge is -2.20. The number of carbonyl (C=O) groups excluding carboxylic acids is 2. The normalized spacial score (nSPS) is 13.2. The molecule has 0 unspecified atom stereocenters. The van der Waals surface area contributed by atoms with Gasteiger partial charge in [0, 0.05) is 29.3 Å². The number of Topliss-reactive ketones (excluding diaryl/α,β-unsaturated/α-hetero) is 1. The number of halogens is 1. The molecule has 2 aromatic rings. The topological polar surface area (TPSA) is 64.6 Å². The number of nitrogens with one attached hydrogen (secondary N) is 1. The molecule has 6 heteroatoms. The molecule has 1 aliphatic rings. The van der Waals surface area contributed by atoms with Crippen LogP contribution in [-0.2, 0) is 4.79 Å². The summed E-state index contributed by atoms with van der Waals surface area (Å²) >= 11 is 6.10. The summed E-state index contributed by atoms with van der Waals surface area (Å²) in [5.41, 5.74) is 2.10. The molecule has 0 radical (unpaired) electrons. The average Bonchev–Trinajstić information content (AvgIpc) is 2.60. The molecule has 1 aliphatic carbocycles. The van der Waals surface area contributed by atoms with Crippen LogP contribution in [0.15, 0.2) is 42.5 Å². The molecule has 0 aliphatic heterocycles. The number of ether oxygens (including phenoxy) is 2. The lowest BCUT2D eigenvalue weighted by molar-refractivity contribution is -0.111. The zero-order valence-corrected chi connectivity index (χ0v) is 13.8. The number of carbonyl (C=O) groups is 2. The molecule has 122 valence electrons. The van der Waals surface area contributed by atoms with Gasteiger partial charge in [-0.1, -0.05) is 35.9 Å². The largest absolute Gasteiger partial charge is 0.495 e. The van der Waals surface area contributed by atoms with Crippen LogP contribution in [-0.4, -0.2) is 25.8 Å². The standard InChI is InChI=1S/C18H14ClNO4/c1-23-16-9-14(17(24-2)7-12(16)19)20-13-8-15(21)18(22)11-6-4-3-5-10(11)13/h3-9,20H,1-2H3. The maximum Gasteiger partial charge on any atom is 0.233 e. The summed E-state index contributed by atoms with van der Waals surface area (Å²) in [5.74, 6) is -0.136. The number of ketones is 2. The highest BCUT2D eigenvalue weighted by atomic mass is 35.5. The number of hydrogen-bond acceptors (Lipinski definition) is 5. The third-order valence-electron chi connectivity index (χ3n) is 3.70. The summed E-state index contributed by atoms with van der Waals surface area (Å²) < 4.78 is 10.5. The smallest absolute Gasteiger partial charge is 0.233 e. The van der Waals surface area contributed by atoms with Crippen molar-refractivity contribution in [2.75, 3.05) is 19.5 Å². The third-order valence-corrected chi connectivity index (χ3v) is 4.00. The van der Waals surface area contributed by atoms with Gasteiger partial charge in [0.1, 0.15) is 11.5 Å². The van der Waals surface area contributed by atoms with E-state index in [1.807, 2.05) is 0 Å². The van der Waals surface area contributed by atoms with Crippen LogP contribution < -0.4 is 14.8 Å². The van der Waals surface area contributed by atoms with E-state index in [-0.39, 0.29) is 0 Å². The molecule has 0 saturated heterocycles. The van der Waals surface area contributed by atoms with Gasteiger partial charge in [0.15, 0.2) is 0 Å². The predicted molar refractivity (Wildman–Crippen MR) is 91.9 cm³/mol. The first-order chi connectivity index (χ1) is 11.5. The summed E-state index contributed by atoms with van der Waals surface area (Å²) in [6.07, 6.45) is 1.28. The van der Waals surface area contributed by atoms with Gasteiger partial charge < -0.3 is 14.8 Å². The van der Waals surface area contributed by atoms with Gasteiger partial charge in [0.25, 0.3) is 0 Å². The molecular formula is C18H14ClNO4. The number of fused-ring (bicyclic) bond motifs is 1. The van der Waals surface area contributed by atoms with E-state index in [1.165, 1.54) is 20.3 Å². The lowest BCUT2D eigenvalue weighted by atomic mass is 9.92. The van der Waals surface area contributed by atoms with E-state index in [9.17, 15) is 9.59 Å². The summed E-state index contributed by atoms with van der Waals surface area (Å²) in [4.78, 5) is 23.9. The van der Waals surface area contributed by atoms with Crippen molar-refractivity contribution in [1.29, 1.82) is 0 Å². The minimum absolute atomic E-state index is 0.368. The van der Waals surface area contributed by atoms with Crippen molar-refractivity contribution >= 4 is 34.6 Å². The molecule has 1 N–H and O–H groups in total. The van der Waals surface area contributed by atoms with Gasteiger partial charge in [-0.05, 0) is 0 Å². The van der Waals surface area contributed by atoms with Crippen LogP contribution in [0.1, 0.15) is 15.9 Å². The Morgan fingerprint density at radius 2 is 1.62 bits per heavy atom. The quantitative estimate of drug-likeness (QED) is 0.860. The van der Waals surface area contributed by atoms with Gasteiger partial charge in [0.2, 0.25) is 11.6 Å². The van der Waals surface area contributed by atoms with Crippen molar-refractivity contribution in [3.8, 4) is 11.5 Å². The third kappa shape index (κ3) is 2.74. The van der Waals surface area contributed by atoms with Crippen LogP contribution in [0.4, 0.5) is 5.69 Å². The predicted octanol–water partition coefficient (Wildman–Crippen LogP) is 3.58. The molecule has 0 amide bonds. The number of allylic oxidation sites excluding steroid dienone is 1. The van der Waals surface area contributed by atoms with E-state index in [0.717, 1.165) is 0 Å². The van der Waals surface area contributed by atoms with Crippen molar-refractivity contribution in [2.45, 2.75) is 0 Å². The van der Waals surface area contributed by atoms with E-state index < -0.39 is 11.6 Å². The van der Waals surface area contributed by atoms with E-state index in [2.05, 4.69) is 5.32 Å². The van der Waals surface area contributed by atoms with Gasteiger partial charge in [-0.2, -0.15) is 0 Å². The van der Waals surface area contributed by atoms with E-state index >= 15 is 0 Å². The highest BCUT2D eigenvalue weighted by molar-refractivity contribution is 6.50. The Hall–Kier alpha value is -2.79. The zero-order valence-electron chi connectivity index (χ0n) is 13.1. The Kier molecular flexibility index (Phi) is 4.27. The van der Waals surface area contributed by atoms with Crippen LogP contribution in [0.25, 0.3) is 5.70 Å². The van der Waals surface area contributed by atoms with Crippen molar-refractivity contribution in [3.63, 3.8) is 0 Å². The fourth-order valence-corrected chi connectivity index (χ4v) is 2.76. The summed E-state index contributed by atoms with van der Waals surface area (Å²) in [6.45, 7) is 0. The summed E-state index contributed by atoms with van der Waals surface area (Å²) in [7, 11) is 3.02. The molecule has 24 heavy (non-hydrogen) atoms. The Morgan fingerprint density at radius 3 is 2.29 bits per heavy atom. The molecule has 0 bridgehead atoms. The number of rotatable bonds is 4. The van der Waals surface area contributed by atoms with Gasteiger partial charge in [-0.25, -0.2) is 0 Å². The molecule has 0 aromatic heterocycles.